The lowest BCUT2D eigenvalue weighted by Crippen LogP contribution is -2.36. The topological polar surface area (TPSA) is 72.1 Å². The average Bonchev–Trinajstić information content (AvgIpc) is 2.74. The number of anilines is 1. The predicted molar refractivity (Wildman–Crippen MR) is 87.4 cm³/mol. The fourth-order valence-electron chi connectivity index (χ4n) is 2.30. The first kappa shape index (κ1) is 15.7. The third-order valence-corrected chi connectivity index (χ3v) is 4.17. The Balaban J connectivity index is 2.35. The fraction of sp³-hybridized carbons (Fsp3) is 0.533. The van der Waals surface area contributed by atoms with Crippen molar-refractivity contribution in [3.05, 3.63) is 17.1 Å². The summed E-state index contributed by atoms with van der Waals surface area (Å²) < 4.78 is 0. The van der Waals surface area contributed by atoms with Crippen LogP contribution in [0.1, 0.15) is 37.4 Å². The molecule has 5 nitrogen and oxygen atoms in total. The molecule has 2 rings (SSSR count). The van der Waals surface area contributed by atoms with Gasteiger partial charge < -0.3 is 10.6 Å². The lowest BCUT2D eigenvalue weighted by atomic mass is 10.1. The van der Waals surface area contributed by atoms with Crippen LogP contribution in [0.15, 0.2) is 12.3 Å². The highest BCUT2D eigenvalue weighted by Gasteiger charge is 2.23. The van der Waals surface area contributed by atoms with Gasteiger partial charge in [0.25, 0.3) is 5.91 Å². The van der Waals surface area contributed by atoms with Crippen molar-refractivity contribution >= 4 is 33.1 Å². The van der Waals surface area contributed by atoms with Crippen LogP contribution in [0.25, 0.3) is 10.2 Å². The number of nitrogens with two attached hydrogens (primary N) is 1. The van der Waals surface area contributed by atoms with Gasteiger partial charge in [-0.25, -0.2) is 0 Å². The standard InChI is InChI=1S/C15H22N4OS/c1-9(2)7-19(8-10(3)4)15(20)13-12(16)11-5-6-17-18-14(11)21-13/h5-6,9-10H,7-8,16H2,1-4H3. The Labute approximate surface area is 129 Å². The second-order valence-corrected chi connectivity index (χ2v) is 7.09. The Morgan fingerprint density at radius 3 is 2.43 bits per heavy atom. The first-order valence-corrected chi connectivity index (χ1v) is 8.00. The summed E-state index contributed by atoms with van der Waals surface area (Å²) in [6, 6.07) is 1.81. The Bertz CT molecular complexity index is 626. The van der Waals surface area contributed by atoms with E-state index in [0.29, 0.717) is 27.2 Å². The molecule has 0 bridgehead atoms. The first-order chi connectivity index (χ1) is 9.90. The summed E-state index contributed by atoms with van der Waals surface area (Å²) in [6.45, 7) is 9.91. The maximum absolute atomic E-state index is 12.8. The highest BCUT2D eigenvalue weighted by atomic mass is 32.1. The zero-order chi connectivity index (χ0) is 15.6. The molecule has 2 N–H and O–H groups in total. The van der Waals surface area contributed by atoms with Gasteiger partial charge in [-0.1, -0.05) is 27.7 Å². The molecular formula is C15H22N4OS. The van der Waals surface area contributed by atoms with Gasteiger partial charge in [-0.05, 0) is 17.9 Å². The number of hydrogen-bond donors (Lipinski definition) is 1. The number of hydrogen-bond acceptors (Lipinski definition) is 5. The molecule has 0 radical (unpaired) electrons. The zero-order valence-electron chi connectivity index (χ0n) is 13.0. The van der Waals surface area contributed by atoms with Gasteiger partial charge in [-0.15, -0.1) is 16.4 Å². The number of nitrogens with zero attached hydrogens (tertiary/aromatic N) is 3. The molecule has 21 heavy (non-hydrogen) atoms. The van der Waals surface area contributed by atoms with Gasteiger partial charge in [-0.2, -0.15) is 5.10 Å². The van der Waals surface area contributed by atoms with Crippen molar-refractivity contribution in [2.24, 2.45) is 11.8 Å². The molecule has 2 heterocycles. The van der Waals surface area contributed by atoms with Gasteiger partial charge in [-0.3, -0.25) is 4.79 Å². The van der Waals surface area contributed by atoms with Crippen LogP contribution < -0.4 is 5.73 Å². The molecule has 2 aromatic rings. The van der Waals surface area contributed by atoms with Crippen molar-refractivity contribution < 1.29 is 4.79 Å². The summed E-state index contributed by atoms with van der Waals surface area (Å²) >= 11 is 1.32. The highest BCUT2D eigenvalue weighted by molar-refractivity contribution is 7.21. The molecular weight excluding hydrogens is 284 g/mol. The second kappa shape index (κ2) is 6.39. The summed E-state index contributed by atoms with van der Waals surface area (Å²) in [5.41, 5.74) is 6.66. The van der Waals surface area contributed by atoms with Crippen LogP contribution in [0.2, 0.25) is 0 Å². The maximum atomic E-state index is 12.8. The highest BCUT2D eigenvalue weighted by Crippen LogP contribution is 2.32. The van der Waals surface area contributed by atoms with Crippen molar-refractivity contribution in [1.29, 1.82) is 0 Å². The molecule has 0 fully saturated rings. The van der Waals surface area contributed by atoms with Gasteiger partial charge in [0, 0.05) is 18.5 Å². The lowest BCUT2D eigenvalue weighted by Gasteiger charge is -2.26. The SMILES string of the molecule is CC(C)CN(CC(C)C)C(=O)c1sc2nnccc2c1N. The third kappa shape index (κ3) is 3.50. The van der Waals surface area contributed by atoms with Crippen molar-refractivity contribution in [2.75, 3.05) is 18.8 Å². The van der Waals surface area contributed by atoms with Crippen LogP contribution in [0.4, 0.5) is 5.69 Å². The molecule has 0 aliphatic rings. The van der Waals surface area contributed by atoms with Crippen LogP contribution >= 0.6 is 11.3 Å². The summed E-state index contributed by atoms with van der Waals surface area (Å²) in [4.78, 5) is 16.0. The molecule has 0 saturated heterocycles. The van der Waals surface area contributed by atoms with E-state index < -0.39 is 0 Å². The number of nitrogen functional groups attached to an aromatic ring is 1. The van der Waals surface area contributed by atoms with E-state index in [2.05, 4.69) is 37.9 Å². The molecule has 6 heteroatoms. The van der Waals surface area contributed by atoms with E-state index in [-0.39, 0.29) is 5.91 Å². The summed E-state index contributed by atoms with van der Waals surface area (Å²) in [5, 5.41) is 8.70. The van der Waals surface area contributed by atoms with Crippen molar-refractivity contribution in [3.8, 4) is 0 Å². The smallest absolute Gasteiger partial charge is 0.266 e. The van der Waals surface area contributed by atoms with E-state index in [4.69, 9.17) is 5.73 Å². The van der Waals surface area contributed by atoms with Crippen molar-refractivity contribution in [3.63, 3.8) is 0 Å². The molecule has 1 amide bonds. The Hall–Kier alpha value is -1.69. The summed E-state index contributed by atoms with van der Waals surface area (Å²) in [6.07, 6.45) is 1.60. The Kier molecular flexibility index (Phi) is 4.77. The zero-order valence-corrected chi connectivity index (χ0v) is 13.8. The van der Waals surface area contributed by atoms with E-state index in [0.717, 1.165) is 18.5 Å². The molecule has 0 aliphatic heterocycles. The number of carbonyl (C=O) groups is 1. The number of rotatable bonds is 5. The van der Waals surface area contributed by atoms with Gasteiger partial charge in [0.15, 0.2) is 0 Å². The predicted octanol–water partition coefficient (Wildman–Crippen LogP) is 3.03. The average molecular weight is 306 g/mol. The number of amides is 1. The molecule has 2 aromatic heterocycles. The number of thiophene rings is 1. The Morgan fingerprint density at radius 1 is 1.29 bits per heavy atom. The van der Waals surface area contributed by atoms with Crippen molar-refractivity contribution in [1.82, 2.24) is 15.1 Å². The summed E-state index contributed by atoms with van der Waals surface area (Å²) in [7, 11) is 0. The fourth-order valence-corrected chi connectivity index (χ4v) is 3.30. The van der Waals surface area contributed by atoms with Gasteiger partial charge in [0.1, 0.15) is 9.71 Å². The van der Waals surface area contributed by atoms with Crippen LogP contribution in [-0.2, 0) is 0 Å². The quantitative estimate of drug-likeness (QED) is 0.921. The number of aromatic nitrogens is 2. The first-order valence-electron chi connectivity index (χ1n) is 7.19. The normalized spacial score (nSPS) is 11.5. The molecule has 114 valence electrons. The molecule has 0 unspecified atom stereocenters. The van der Waals surface area contributed by atoms with E-state index >= 15 is 0 Å². The molecule has 0 saturated carbocycles. The van der Waals surface area contributed by atoms with E-state index in [1.807, 2.05) is 4.90 Å². The van der Waals surface area contributed by atoms with Crippen LogP contribution in [-0.4, -0.2) is 34.1 Å². The van der Waals surface area contributed by atoms with Crippen LogP contribution in [0.5, 0.6) is 0 Å². The van der Waals surface area contributed by atoms with Gasteiger partial charge in [0.2, 0.25) is 0 Å². The van der Waals surface area contributed by atoms with Gasteiger partial charge >= 0.3 is 0 Å². The van der Waals surface area contributed by atoms with Gasteiger partial charge in [0.05, 0.1) is 11.9 Å². The minimum atomic E-state index is -0.00194. The van der Waals surface area contributed by atoms with Crippen LogP contribution in [0, 0.1) is 11.8 Å². The van der Waals surface area contributed by atoms with Crippen LogP contribution in [0.3, 0.4) is 0 Å². The number of carbonyl (C=O) groups excluding carboxylic acids is 1. The maximum Gasteiger partial charge on any atom is 0.266 e. The van der Waals surface area contributed by atoms with E-state index in [1.54, 1.807) is 12.3 Å². The number of fused-ring (bicyclic) bond motifs is 1. The molecule has 0 atom stereocenters. The molecule has 0 aromatic carbocycles. The largest absolute Gasteiger partial charge is 0.397 e. The minimum Gasteiger partial charge on any atom is -0.397 e. The Morgan fingerprint density at radius 2 is 1.90 bits per heavy atom. The van der Waals surface area contributed by atoms with E-state index in [1.165, 1.54) is 11.3 Å². The third-order valence-electron chi connectivity index (χ3n) is 3.07. The monoisotopic (exact) mass is 306 g/mol. The minimum absolute atomic E-state index is 0.00194. The van der Waals surface area contributed by atoms with Crippen molar-refractivity contribution in [2.45, 2.75) is 27.7 Å². The second-order valence-electron chi connectivity index (χ2n) is 6.09. The van der Waals surface area contributed by atoms with E-state index in [9.17, 15) is 4.79 Å². The lowest BCUT2D eigenvalue weighted by molar-refractivity contribution is 0.0721. The summed E-state index contributed by atoms with van der Waals surface area (Å²) in [5.74, 6) is 0.837. The molecule has 0 spiro atoms. The molecule has 0 aliphatic carbocycles.